The van der Waals surface area contributed by atoms with Gasteiger partial charge in [0.05, 0.1) is 5.52 Å². The molecular formula is C21H25N3S. The van der Waals surface area contributed by atoms with E-state index in [0.29, 0.717) is 0 Å². The molecule has 3 nitrogen and oxygen atoms in total. The van der Waals surface area contributed by atoms with Gasteiger partial charge >= 0.3 is 0 Å². The fourth-order valence-electron chi connectivity index (χ4n) is 2.91. The normalized spacial score (nSPS) is 11.4. The quantitative estimate of drug-likeness (QED) is 0.642. The Kier molecular flexibility index (Phi) is 6.08. The molecule has 25 heavy (non-hydrogen) atoms. The van der Waals surface area contributed by atoms with Crippen molar-refractivity contribution in [3.05, 3.63) is 71.3 Å². The van der Waals surface area contributed by atoms with E-state index < -0.39 is 0 Å². The fraction of sp³-hybridized carbons (Fsp3) is 0.286. The average Bonchev–Trinajstić information content (AvgIpc) is 2.62. The van der Waals surface area contributed by atoms with Crippen molar-refractivity contribution in [1.82, 2.24) is 15.2 Å². The maximum atomic E-state index is 4.78. The first-order valence-electron chi connectivity index (χ1n) is 8.51. The number of benzene rings is 2. The van der Waals surface area contributed by atoms with E-state index in [1.165, 1.54) is 22.1 Å². The Balaban J connectivity index is 1.64. The van der Waals surface area contributed by atoms with Gasteiger partial charge < -0.3 is 10.2 Å². The van der Waals surface area contributed by atoms with Gasteiger partial charge in [0.2, 0.25) is 0 Å². The summed E-state index contributed by atoms with van der Waals surface area (Å²) in [6, 6.07) is 19.4. The highest BCUT2D eigenvalue weighted by molar-refractivity contribution is 7.98. The van der Waals surface area contributed by atoms with Crippen LogP contribution in [0.15, 0.2) is 59.6 Å². The predicted octanol–water partition coefficient (Wildman–Crippen LogP) is 4.31. The summed E-state index contributed by atoms with van der Waals surface area (Å²) < 4.78 is 0. The van der Waals surface area contributed by atoms with Gasteiger partial charge in [-0.1, -0.05) is 42.5 Å². The van der Waals surface area contributed by atoms with Crippen LogP contribution in [-0.2, 0) is 19.6 Å². The van der Waals surface area contributed by atoms with Gasteiger partial charge in [-0.2, -0.15) is 0 Å². The highest BCUT2D eigenvalue weighted by atomic mass is 32.2. The van der Waals surface area contributed by atoms with Crippen molar-refractivity contribution in [1.29, 1.82) is 0 Å². The molecular weight excluding hydrogens is 326 g/mol. The number of aromatic nitrogens is 1. The Morgan fingerprint density at radius 1 is 0.960 bits per heavy atom. The van der Waals surface area contributed by atoms with E-state index in [-0.39, 0.29) is 0 Å². The second kappa shape index (κ2) is 8.48. The van der Waals surface area contributed by atoms with Crippen LogP contribution in [0.5, 0.6) is 0 Å². The van der Waals surface area contributed by atoms with Crippen molar-refractivity contribution in [3.63, 3.8) is 0 Å². The zero-order chi connectivity index (χ0) is 17.6. The van der Waals surface area contributed by atoms with Crippen LogP contribution >= 0.6 is 11.8 Å². The van der Waals surface area contributed by atoms with Gasteiger partial charge in [0.1, 0.15) is 5.03 Å². The lowest BCUT2D eigenvalue weighted by atomic mass is 10.1. The van der Waals surface area contributed by atoms with E-state index in [9.17, 15) is 0 Å². The zero-order valence-corrected chi connectivity index (χ0v) is 15.9. The summed E-state index contributed by atoms with van der Waals surface area (Å²) in [4.78, 5) is 6.96. The van der Waals surface area contributed by atoms with Crippen molar-refractivity contribution in [2.75, 3.05) is 20.4 Å². The molecule has 1 N–H and O–H groups in total. The van der Waals surface area contributed by atoms with Gasteiger partial charge in [0.15, 0.2) is 0 Å². The Bertz CT molecular complexity index is 828. The average molecular weight is 352 g/mol. The van der Waals surface area contributed by atoms with Crippen LogP contribution in [0.4, 0.5) is 0 Å². The van der Waals surface area contributed by atoms with Gasteiger partial charge in [-0.05, 0) is 49.2 Å². The van der Waals surface area contributed by atoms with E-state index in [4.69, 9.17) is 4.98 Å². The Hall–Kier alpha value is -1.88. The second-order valence-corrected chi connectivity index (χ2v) is 7.30. The van der Waals surface area contributed by atoms with E-state index in [1.54, 1.807) is 11.8 Å². The third-order valence-corrected chi connectivity index (χ3v) is 4.86. The molecule has 4 heteroatoms. The summed E-state index contributed by atoms with van der Waals surface area (Å²) in [5.41, 5.74) is 4.97. The molecule has 0 fully saturated rings. The molecule has 0 aliphatic carbocycles. The lowest BCUT2D eigenvalue weighted by Gasteiger charge is -2.12. The minimum absolute atomic E-state index is 0.827. The van der Waals surface area contributed by atoms with Crippen LogP contribution in [-0.4, -0.2) is 30.2 Å². The third kappa shape index (κ3) is 4.82. The summed E-state index contributed by atoms with van der Waals surface area (Å²) in [6.45, 7) is 2.67. The van der Waals surface area contributed by atoms with Crippen LogP contribution in [0.1, 0.15) is 16.7 Å². The first-order valence-corrected chi connectivity index (χ1v) is 9.74. The summed E-state index contributed by atoms with van der Waals surface area (Å²) in [6.07, 6.45) is 2.09. The number of fused-ring (bicyclic) bond motifs is 1. The number of nitrogens with one attached hydrogen (secondary N) is 1. The largest absolute Gasteiger partial charge is 0.309 e. The molecule has 0 saturated heterocycles. The Labute approximate surface area is 154 Å². The van der Waals surface area contributed by atoms with Crippen LogP contribution in [0.25, 0.3) is 10.9 Å². The molecule has 1 heterocycles. The molecule has 0 saturated carbocycles. The molecule has 0 aliphatic rings. The van der Waals surface area contributed by atoms with Crippen molar-refractivity contribution < 1.29 is 0 Å². The maximum Gasteiger partial charge on any atom is 0.101 e. The molecule has 0 atom stereocenters. The minimum atomic E-state index is 0.827. The van der Waals surface area contributed by atoms with Gasteiger partial charge in [0.25, 0.3) is 0 Å². The van der Waals surface area contributed by atoms with E-state index in [0.717, 1.165) is 30.2 Å². The molecule has 1 aromatic heterocycles. The summed E-state index contributed by atoms with van der Waals surface area (Å²) in [7, 11) is 4.19. The van der Waals surface area contributed by atoms with Crippen molar-refractivity contribution >= 4 is 22.7 Å². The first-order chi connectivity index (χ1) is 12.2. The molecule has 0 spiro atoms. The van der Waals surface area contributed by atoms with Gasteiger partial charge in [-0.25, -0.2) is 4.98 Å². The van der Waals surface area contributed by atoms with Gasteiger partial charge in [-0.3, -0.25) is 0 Å². The van der Waals surface area contributed by atoms with Gasteiger partial charge in [0, 0.05) is 25.0 Å². The summed E-state index contributed by atoms with van der Waals surface area (Å²) in [5.74, 6) is 0. The summed E-state index contributed by atoms with van der Waals surface area (Å²) >= 11 is 1.71. The number of pyridine rings is 1. The highest BCUT2D eigenvalue weighted by Crippen LogP contribution is 2.23. The van der Waals surface area contributed by atoms with Crippen LogP contribution < -0.4 is 5.32 Å². The molecule has 0 bridgehead atoms. The number of nitrogens with zero attached hydrogens (tertiary/aromatic N) is 2. The van der Waals surface area contributed by atoms with E-state index in [2.05, 4.69) is 79.1 Å². The topological polar surface area (TPSA) is 28.2 Å². The molecule has 0 aliphatic heterocycles. The maximum absolute atomic E-state index is 4.78. The molecule has 130 valence electrons. The molecule has 2 aromatic carbocycles. The molecule has 0 amide bonds. The Morgan fingerprint density at radius 3 is 2.40 bits per heavy atom. The molecule has 0 unspecified atom stereocenters. The van der Waals surface area contributed by atoms with Gasteiger partial charge in [-0.15, -0.1) is 11.8 Å². The van der Waals surface area contributed by atoms with Crippen molar-refractivity contribution in [3.8, 4) is 0 Å². The van der Waals surface area contributed by atoms with Crippen molar-refractivity contribution in [2.24, 2.45) is 0 Å². The van der Waals surface area contributed by atoms with Crippen LogP contribution in [0, 0.1) is 0 Å². The van der Waals surface area contributed by atoms with Crippen LogP contribution in [0.3, 0.4) is 0 Å². The van der Waals surface area contributed by atoms with E-state index >= 15 is 0 Å². The standard InChI is InChI=1S/C21H25N3S/c1-24(2)15-17-10-8-16(9-11-17)13-22-14-19-12-18-6-4-5-7-20(18)23-21(19)25-3/h4-12,22H,13-15H2,1-3H3. The highest BCUT2D eigenvalue weighted by Gasteiger charge is 2.06. The number of rotatable bonds is 7. The number of hydrogen-bond acceptors (Lipinski definition) is 4. The first kappa shape index (κ1) is 17.9. The number of hydrogen-bond donors (Lipinski definition) is 1. The molecule has 3 rings (SSSR count). The minimum Gasteiger partial charge on any atom is -0.309 e. The smallest absolute Gasteiger partial charge is 0.101 e. The lowest BCUT2D eigenvalue weighted by molar-refractivity contribution is 0.402. The number of para-hydroxylation sites is 1. The lowest BCUT2D eigenvalue weighted by Crippen LogP contribution is -2.14. The van der Waals surface area contributed by atoms with Crippen molar-refractivity contribution in [2.45, 2.75) is 24.7 Å². The zero-order valence-electron chi connectivity index (χ0n) is 15.1. The monoisotopic (exact) mass is 351 g/mol. The molecule has 0 radical (unpaired) electrons. The number of thioether (sulfide) groups is 1. The predicted molar refractivity (Wildman–Crippen MR) is 108 cm³/mol. The van der Waals surface area contributed by atoms with Crippen LogP contribution in [0.2, 0.25) is 0 Å². The Morgan fingerprint density at radius 2 is 1.68 bits per heavy atom. The second-order valence-electron chi connectivity index (χ2n) is 6.51. The van der Waals surface area contributed by atoms with E-state index in [1.807, 2.05) is 6.07 Å². The third-order valence-electron chi connectivity index (χ3n) is 4.12. The SMILES string of the molecule is CSc1nc2ccccc2cc1CNCc1ccc(CN(C)C)cc1. The summed E-state index contributed by atoms with van der Waals surface area (Å²) in [5, 5.41) is 5.86. The molecule has 3 aromatic rings. The fourth-order valence-corrected chi connectivity index (χ4v) is 3.50.